The molecule has 1 fully saturated rings. The lowest BCUT2D eigenvalue weighted by Gasteiger charge is -2.33. The topological polar surface area (TPSA) is 114 Å². The molecular formula is C24H23IO9. The molecule has 0 N–H and O–H groups in total. The molecule has 1 saturated heterocycles. The van der Waals surface area contributed by atoms with Crippen LogP contribution in [-0.2, 0) is 33.3 Å². The summed E-state index contributed by atoms with van der Waals surface area (Å²) in [5, 5.41) is 0. The number of benzene rings is 2. The number of carbonyl (C=O) groups excluding carboxylic acids is 4. The molecule has 1 aliphatic heterocycles. The SMILES string of the molecule is CC(=O)OC1[C@@H](OC(C)=O)O[C@@H](COC(=O)c2ccccc2I)[C@]1(C)OC(=O)c1ccccc1. The van der Waals surface area contributed by atoms with E-state index >= 15 is 0 Å². The van der Waals surface area contributed by atoms with Crippen LogP contribution in [0.4, 0.5) is 0 Å². The molecule has 2 aromatic rings. The van der Waals surface area contributed by atoms with E-state index in [2.05, 4.69) is 0 Å². The average molecular weight is 582 g/mol. The molecule has 2 aromatic carbocycles. The highest BCUT2D eigenvalue weighted by Crippen LogP contribution is 2.38. The lowest BCUT2D eigenvalue weighted by molar-refractivity contribution is -0.197. The fraction of sp³-hybridized carbons (Fsp3) is 0.333. The van der Waals surface area contributed by atoms with Crippen molar-refractivity contribution < 1.29 is 42.9 Å². The molecule has 180 valence electrons. The first-order valence-corrected chi connectivity index (χ1v) is 11.4. The van der Waals surface area contributed by atoms with Gasteiger partial charge in [-0.25, -0.2) is 9.59 Å². The van der Waals surface area contributed by atoms with Gasteiger partial charge >= 0.3 is 23.9 Å². The van der Waals surface area contributed by atoms with Gasteiger partial charge in [0.1, 0.15) is 12.7 Å². The molecule has 0 spiro atoms. The Morgan fingerprint density at radius 1 is 0.912 bits per heavy atom. The molecule has 0 amide bonds. The summed E-state index contributed by atoms with van der Waals surface area (Å²) < 4.78 is 28.2. The van der Waals surface area contributed by atoms with Gasteiger partial charge in [-0.15, -0.1) is 0 Å². The van der Waals surface area contributed by atoms with Crippen LogP contribution in [0, 0.1) is 3.57 Å². The second-order valence-electron chi connectivity index (χ2n) is 7.65. The van der Waals surface area contributed by atoms with Gasteiger partial charge in [-0.2, -0.15) is 0 Å². The minimum absolute atomic E-state index is 0.246. The van der Waals surface area contributed by atoms with Crippen LogP contribution < -0.4 is 0 Å². The molecule has 9 nitrogen and oxygen atoms in total. The Bertz CT molecular complexity index is 1070. The minimum atomic E-state index is -1.65. The Morgan fingerprint density at radius 3 is 2.15 bits per heavy atom. The number of rotatable bonds is 7. The molecule has 1 heterocycles. The van der Waals surface area contributed by atoms with Crippen molar-refractivity contribution in [3.8, 4) is 0 Å². The molecule has 0 aromatic heterocycles. The quantitative estimate of drug-likeness (QED) is 0.276. The van der Waals surface area contributed by atoms with Gasteiger partial charge in [0.25, 0.3) is 0 Å². The first-order chi connectivity index (χ1) is 16.1. The van der Waals surface area contributed by atoms with Gasteiger partial charge in [0.2, 0.25) is 12.4 Å². The molecule has 0 saturated carbocycles. The van der Waals surface area contributed by atoms with Gasteiger partial charge in [-0.05, 0) is 53.8 Å². The molecule has 0 radical (unpaired) electrons. The molecule has 10 heteroatoms. The third-order valence-corrected chi connectivity index (χ3v) is 6.05. The smallest absolute Gasteiger partial charge is 0.339 e. The number of ether oxygens (including phenoxy) is 5. The van der Waals surface area contributed by atoms with E-state index in [0.717, 1.165) is 13.8 Å². The summed E-state index contributed by atoms with van der Waals surface area (Å²) in [4.78, 5) is 49.0. The fourth-order valence-corrected chi connectivity index (χ4v) is 4.05. The molecular weight excluding hydrogens is 559 g/mol. The number of hydrogen-bond acceptors (Lipinski definition) is 9. The van der Waals surface area contributed by atoms with Crippen LogP contribution in [0.3, 0.4) is 0 Å². The van der Waals surface area contributed by atoms with Gasteiger partial charge in [-0.1, -0.05) is 30.3 Å². The molecule has 0 bridgehead atoms. The van der Waals surface area contributed by atoms with E-state index < -0.39 is 48.0 Å². The van der Waals surface area contributed by atoms with Gasteiger partial charge < -0.3 is 23.7 Å². The van der Waals surface area contributed by atoms with Crippen molar-refractivity contribution in [3.63, 3.8) is 0 Å². The highest BCUT2D eigenvalue weighted by atomic mass is 127. The van der Waals surface area contributed by atoms with Crippen LogP contribution >= 0.6 is 22.6 Å². The monoisotopic (exact) mass is 582 g/mol. The van der Waals surface area contributed by atoms with E-state index in [-0.39, 0.29) is 12.2 Å². The van der Waals surface area contributed by atoms with Gasteiger partial charge in [0, 0.05) is 17.4 Å². The third-order valence-electron chi connectivity index (χ3n) is 5.11. The van der Waals surface area contributed by atoms with Crippen LogP contribution in [0.5, 0.6) is 0 Å². The maximum atomic E-state index is 12.9. The Labute approximate surface area is 209 Å². The molecule has 3 rings (SSSR count). The number of hydrogen-bond donors (Lipinski definition) is 0. The first kappa shape index (κ1) is 25.6. The second kappa shape index (κ2) is 11.0. The summed E-state index contributed by atoms with van der Waals surface area (Å²) in [7, 11) is 0. The van der Waals surface area contributed by atoms with Crippen molar-refractivity contribution in [2.45, 2.75) is 44.9 Å². The lowest BCUT2D eigenvalue weighted by Crippen LogP contribution is -2.52. The highest BCUT2D eigenvalue weighted by molar-refractivity contribution is 14.1. The zero-order valence-electron chi connectivity index (χ0n) is 18.7. The van der Waals surface area contributed by atoms with E-state index in [1.165, 1.54) is 6.92 Å². The molecule has 1 aliphatic rings. The van der Waals surface area contributed by atoms with Crippen molar-refractivity contribution in [3.05, 3.63) is 69.3 Å². The fourth-order valence-electron chi connectivity index (χ4n) is 3.44. The van der Waals surface area contributed by atoms with E-state index in [1.807, 2.05) is 22.6 Å². The highest BCUT2D eigenvalue weighted by Gasteiger charge is 2.61. The normalized spacial score (nSPS) is 23.6. The Hall–Kier alpha value is -2.99. The van der Waals surface area contributed by atoms with Gasteiger partial charge in [0.15, 0.2) is 5.60 Å². The largest absolute Gasteiger partial charge is 0.459 e. The summed E-state index contributed by atoms with van der Waals surface area (Å²) in [6.07, 6.45) is -3.79. The van der Waals surface area contributed by atoms with Crippen molar-refractivity contribution in [2.24, 2.45) is 0 Å². The van der Waals surface area contributed by atoms with E-state index in [0.29, 0.717) is 9.13 Å². The van der Waals surface area contributed by atoms with Crippen molar-refractivity contribution in [1.82, 2.24) is 0 Å². The Balaban J connectivity index is 1.89. The first-order valence-electron chi connectivity index (χ1n) is 10.3. The Morgan fingerprint density at radius 2 is 1.53 bits per heavy atom. The second-order valence-corrected chi connectivity index (χ2v) is 8.81. The van der Waals surface area contributed by atoms with Crippen LogP contribution in [0.25, 0.3) is 0 Å². The third kappa shape index (κ3) is 5.92. The number of esters is 4. The minimum Gasteiger partial charge on any atom is -0.459 e. The van der Waals surface area contributed by atoms with Crippen LogP contribution in [0.1, 0.15) is 41.5 Å². The zero-order valence-corrected chi connectivity index (χ0v) is 20.8. The zero-order chi connectivity index (χ0) is 24.9. The molecule has 4 atom stereocenters. The summed E-state index contributed by atoms with van der Waals surface area (Å²) in [6, 6.07) is 15.0. The lowest BCUT2D eigenvalue weighted by atomic mass is 9.94. The summed E-state index contributed by atoms with van der Waals surface area (Å²) in [6.45, 7) is 3.43. The van der Waals surface area contributed by atoms with Crippen molar-refractivity contribution in [1.29, 1.82) is 0 Å². The summed E-state index contributed by atoms with van der Waals surface area (Å²) in [5.74, 6) is -2.74. The maximum absolute atomic E-state index is 12.9. The van der Waals surface area contributed by atoms with Crippen molar-refractivity contribution in [2.75, 3.05) is 6.61 Å². The number of halogens is 1. The average Bonchev–Trinajstić information content (AvgIpc) is 3.02. The molecule has 34 heavy (non-hydrogen) atoms. The number of carbonyl (C=O) groups is 4. The Kier molecular flexibility index (Phi) is 8.26. The predicted octanol–water partition coefficient (Wildman–Crippen LogP) is 3.28. The standard InChI is InChI=1S/C24H23IO9/c1-14(26)31-20-23(32-15(2)27)33-19(13-30-22(29)17-11-7-8-12-18(17)25)24(20,3)34-21(28)16-9-5-4-6-10-16/h4-12,19-20,23H,13H2,1-3H3/t19-,20?,23-,24-/m0/s1. The van der Waals surface area contributed by atoms with E-state index in [1.54, 1.807) is 54.6 Å². The van der Waals surface area contributed by atoms with Crippen LogP contribution in [-0.4, -0.2) is 54.6 Å². The summed E-state index contributed by atoms with van der Waals surface area (Å²) in [5.41, 5.74) is -1.06. The maximum Gasteiger partial charge on any atom is 0.339 e. The van der Waals surface area contributed by atoms with Crippen molar-refractivity contribution >= 4 is 46.5 Å². The van der Waals surface area contributed by atoms with Crippen LogP contribution in [0.15, 0.2) is 54.6 Å². The van der Waals surface area contributed by atoms with E-state index in [4.69, 9.17) is 23.7 Å². The molecule has 1 unspecified atom stereocenters. The van der Waals surface area contributed by atoms with Crippen LogP contribution in [0.2, 0.25) is 0 Å². The van der Waals surface area contributed by atoms with E-state index in [9.17, 15) is 19.2 Å². The predicted molar refractivity (Wildman–Crippen MR) is 126 cm³/mol. The van der Waals surface area contributed by atoms with Gasteiger partial charge in [-0.3, -0.25) is 9.59 Å². The summed E-state index contributed by atoms with van der Waals surface area (Å²) >= 11 is 2.01. The van der Waals surface area contributed by atoms with Gasteiger partial charge in [0.05, 0.1) is 11.1 Å². The molecule has 0 aliphatic carbocycles.